The topological polar surface area (TPSA) is 51.0 Å². The van der Waals surface area contributed by atoms with Gasteiger partial charge < -0.3 is 9.73 Å². The highest BCUT2D eigenvalue weighted by Gasteiger charge is 2.10. The molecule has 19 heavy (non-hydrogen) atoms. The molecule has 5 heteroatoms. The van der Waals surface area contributed by atoms with E-state index in [1.165, 1.54) is 11.8 Å². The van der Waals surface area contributed by atoms with Crippen LogP contribution < -0.4 is 5.32 Å². The Kier molecular flexibility index (Phi) is 4.99. The SMILES string of the molecule is CCNC(CC)c1ccc(Sc2nc(C)co2)cn1. The summed E-state index contributed by atoms with van der Waals surface area (Å²) in [6.45, 7) is 7.13. The molecule has 102 valence electrons. The summed E-state index contributed by atoms with van der Waals surface area (Å²) >= 11 is 1.49. The van der Waals surface area contributed by atoms with E-state index < -0.39 is 0 Å². The van der Waals surface area contributed by atoms with Gasteiger partial charge in [0.15, 0.2) is 0 Å². The predicted molar refractivity (Wildman–Crippen MR) is 76.3 cm³/mol. The van der Waals surface area contributed by atoms with Crippen LogP contribution in [0.25, 0.3) is 0 Å². The Morgan fingerprint density at radius 3 is 2.74 bits per heavy atom. The first-order valence-electron chi connectivity index (χ1n) is 6.52. The van der Waals surface area contributed by atoms with Gasteiger partial charge in [-0.25, -0.2) is 4.98 Å². The quantitative estimate of drug-likeness (QED) is 0.874. The first-order valence-corrected chi connectivity index (χ1v) is 7.33. The lowest BCUT2D eigenvalue weighted by Gasteiger charge is -2.15. The van der Waals surface area contributed by atoms with Crippen LogP contribution in [0, 0.1) is 6.92 Å². The number of hydrogen-bond acceptors (Lipinski definition) is 5. The zero-order valence-corrected chi connectivity index (χ0v) is 12.3. The third-order valence-corrected chi connectivity index (χ3v) is 3.62. The average molecular weight is 277 g/mol. The van der Waals surface area contributed by atoms with Crippen molar-refractivity contribution in [2.24, 2.45) is 0 Å². The van der Waals surface area contributed by atoms with Gasteiger partial charge in [0, 0.05) is 17.1 Å². The van der Waals surface area contributed by atoms with Crippen LogP contribution in [0.1, 0.15) is 37.7 Å². The molecule has 0 bridgehead atoms. The smallest absolute Gasteiger partial charge is 0.260 e. The van der Waals surface area contributed by atoms with Crippen LogP contribution in [0.4, 0.5) is 0 Å². The number of nitrogens with one attached hydrogen (secondary N) is 1. The molecule has 0 spiro atoms. The fraction of sp³-hybridized carbons (Fsp3) is 0.429. The van der Waals surface area contributed by atoms with Crippen LogP contribution in [0.5, 0.6) is 0 Å². The second kappa shape index (κ2) is 6.73. The number of rotatable bonds is 6. The summed E-state index contributed by atoms with van der Waals surface area (Å²) in [7, 11) is 0. The number of pyridine rings is 1. The van der Waals surface area contributed by atoms with E-state index >= 15 is 0 Å². The summed E-state index contributed by atoms with van der Waals surface area (Å²) in [5, 5.41) is 4.08. The minimum absolute atomic E-state index is 0.327. The molecular weight excluding hydrogens is 258 g/mol. The molecule has 0 aliphatic rings. The largest absolute Gasteiger partial charge is 0.439 e. The lowest BCUT2D eigenvalue weighted by Crippen LogP contribution is -2.20. The number of oxazole rings is 1. The molecule has 1 unspecified atom stereocenters. The van der Waals surface area contributed by atoms with Gasteiger partial charge in [0.25, 0.3) is 5.22 Å². The summed E-state index contributed by atoms with van der Waals surface area (Å²) in [6.07, 6.45) is 4.56. The lowest BCUT2D eigenvalue weighted by molar-refractivity contribution is 0.454. The number of aryl methyl sites for hydroxylation is 1. The Morgan fingerprint density at radius 1 is 1.37 bits per heavy atom. The van der Waals surface area contributed by atoms with E-state index in [1.54, 1.807) is 6.26 Å². The van der Waals surface area contributed by atoms with Gasteiger partial charge in [0.2, 0.25) is 0 Å². The number of nitrogens with zero attached hydrogens (tertiary/aromatic N) is 2. The molecule has 0 amide bonds. The molecule has 0 saturated heterocycles. The lowest BCUT2D eigenvalue weighted by atomic mass is 10.1. The minimum atomic E-state index is 0.327. The highest BCUT2D eigenvalue weighted by molar-refractivity contribution is 7.99. The summed E-state index contributed by atoms with van der Waals surface area (Å²) in [6, 6.07) is 4.45. The van der Waals surface area contributed by atoms with Crippen LogP contribution in [0.15, 0.2) is 39.1 Å². The van der Waals surface area contributed by atoms with Crippen molar-refractivity contribution >= 4 is 11.8 Å². The number of aromatic nitrogens is 2. The Hall–Kier alpha value is -1.33. The van der Waals surface area contributed by atoms with Gasteiger partial charge in [0.1, 0.15) is 6.26 Å². The first kappa shape index (κ1) is 14.1. The monoisotopic (exact) mass is 277 g/mol. The molecule has 0 aliphatic heterocycles. The van der Waals surface area contributed by atoms with Gasteiger partial charge >= 0.3 is 0 Å². The molecule has 2 heterocycles. The molecule has 2 rings (SSSR count). The fourth-order valence-corrected chi connectivity index (χ4v) is 2.57. The maximum absolute atomic E-state index is 5.32. The van der Waals surface area contributed by atoms with E-state index in [2.05, 4.69) is 41.3 Å². The molecule has 1 N–H and O–H groups in total. The standard InChI is InChI=1S/C14H19N3OS/c1-4-12(15-5-2)13-7-6-11(8-16-13)19-14-17-10(3)9-18-14/h6-9,12,15H,4-5H2,1-3H3. The Balaban J connectivity index is 2.05. The van der Waals surface area contributed by atoms with Gasteiger partial charge in [-0.2, -0.15) is 0 Å². The third kappa shape index (κ3) is 3.81. The van der Waals surface area contributed by atoms with E-state index in [0.717, 1.165) is 29.2 Å². The zero-order valence-electron chi connectivity index (χ0n) is 11.5. The normalized spacial score (nSPS) is 12.6. The van der Waals surface area contributed by atoms with Crippen LogP contribution in [0.2, 0.25) is 0 Å². The van der Waals surface area contributed by atoms with Crippen molar-refractivity contribution in [1.82, 2.24) is 15.3 Å². The molecule has 0 saturated carbocycles. The van der Waals surface area contributed by atoms with E-state index in [0.29, 0.717) is 11.3 Å². The molecule has 1 atom stereocenters. The summed E-state index contributed by atoms with van der Waals surface area (Å²) in [5.41, 5.74) is 1.97. The summed E-state index contributed by atoms with van der Waals surface area (Å²) in [4.78, 5) is 9.82. The van der Waals surface area contributed by atoms with E-state index in [9.17, 15) is 0 Å². The van der Waals surface area contributed by atoms with Crippen LogP contribution >= 0.6 is 11.8 Å². The second-order valence-electron chi connectivity index (χ2n) is 4.29. The Bertz CT molecular complexity index is 510. The van der Waals surface area contributed by atoms with E-state index in [-0.39, 0.29) is 0 Å². The highest BCUT2D eigenvalue weighted by atomic mass is 32.2. The van der Waals surface area contributed by atoms with Crippen LogP contribution in [-0.2, 0) is 0 Å². The van der Waals surface area contributed by atoms with Gasteiger partial charge in [-0.3, -0.25) is 4.98 Å². The first-order chi connectivity index (χ1) is 9.22. The Labute approximate surface area is 118 Å². The zero-order chi connectivity index (χ0) is 13.7. The van der Waals surface area contributed by atoms with Crippen molar-refractivity contribution in [1.29, 1.82) is 0 Å². The second-order valence-corrected chi connectivity index (χ2v) is 5.32. The summed E-state index contributed by atoms with van der Waals surface area (Å²) in [5.74, 6) is 0. The molecule has 0 fully saturated rings. The molecule has 0 radical (unpaired) electrons. The minimum Gasteiger partial charge on any atom is -0.439 e. The van der Waals surface area contributed by atoms with Crippen molar-refractivity contribution in [2.75, 3.05) is 6.54 Å². The van der Waals surface area contributed by atoms with Gasteiger partial charge in [-0.15, -0.1) is 0 Å². The van der Waals surface area contributed by atoms with Crippen molar-refractivity contribution < 1.29 is 4.42 Å². The Morgan fingerprint density at radius 2 is 2.21 bits per heavy atom. The maximum Gasteiger partial charge on any atom is 0.260 e. The number of hydrogen-bond donors (Lipinski definition) is 1. The molecule has 2 aromatic heterocycles. The van der Waals surface area contributed by atoms with E-state index in [4.69, 9.17) is 4.42 Å². The predicted octanol–water partition coefficient (Wildman–Crippen LogP) is 3.59. The van der Waals surface area contributed by atoms with Crippen LogP contribution in [0.3, 0.4) is 0 Å². The van der Waals surface area contributed by atoms with Gasteiger partial charge in [-0.05, 0) is 43.8 Å². The van der Waals surface area contributed by atoms with Crippen molar-refractivity contribution in [3.8, 4) is 0 Å². The van der Waals surface area contributed by atoms with Crippen LogP contribution in [-0.4, -0.2) is 16.5 Å². The highest BCUT2D eigenvalue weighted by Crippen LogP contribution is 2.27. The maximum atomic E-state index is 5.32. The van der Waals surface area contributed by atoms with Gasteiger partial charge in [-0.1, -0.05) is 13.8 Å². The van der Waals surface area contributed by atoms with E-state index in [1.807, 2.05) is 13.1 Å². The average Bonchev–Trinajstić information content (AvgIpc) is 2.82. The van der Waals surface area contributed by atoms with Crippen molar-refractivity contribution in [2.45, 2.75) is 43.4 Å². The molecule has 2 aromatic rings. The van der Waals surface area contributed by atoms with Gasteiger partial charge in [0.05, 0.1) is 11.4 Å². The molecule has 0 aromatic carbocycles. The van der Waals surface area contributed by atoms with Crippen molar-refractivity contribution in [3.63, 3.8) is 0 Å². The molecular formula is C14H19N3OS. The summed E-state index contributed by atoms with van der Waals surface area (Å²) < 4.78 is 5.32. The van der Waals surface area contributed by atoms with Crippen molar-refractivity contribution in [3.05, 3.63) is 36.0 Å². The molecule has 4 nitrogen and oxygen atoms in total. The third-order valence-electron chi connectivity index (χ3n) is 2.78. The fourth-order valence-electron chi connectivity index (χ4n) is 1.84. The molecule has 0 aliphatic carbocycles.